The second-order valence-corrected chi connectivity index (χ2v) is 6.47. The van der Waals surface area contributed by atoms with Crippen LogP contribution in [0.25, 0.3) is 22.4 Å². The van der Waals surface area contributed by atoms with Crippen molar-refractivity contribution < 1.29 is 5.11 Å². The molecule has 1 unspecified atom stereocenters. The van der Waals surface area contributed by atoms with Gasteiger partial charge in [-0.3, -0.25) is 0 Å². The highest BCUT2D eigenvalue weighted by Crippen LogP contribution is 2.32. The molecule has 3 nitrogen and oxygen atoms in total. The lowest BCUT2D eigenvalue weighted by Gasteiger charge is -2.18. The maximum Gasteiger partial charge on any atom is 0.144 e. The van der Waals surface area contributed by atoms with Gasteiger partial charge >= 0.3 is 0 Å². The Labute approximate surface area is 144 Å². The zero-order chi connectivity index (χ0) is 16.9. The minimum atomic E-state index is 0.288. The van der Waals surface area contributed by atoms with Crippen LogP contribution in [-0.4, -0.2) is 14.7 Å². The maximum absolute atomic E-state index is 10.3. The summed E-state index contributed by atoms with van der Waals surface area (Å²) in [6, 6.07) is 15.7. The van der Waals surface area contributed by atoms with E-state index in [4.69, 9.17) is 4.98 Å². The third-order valence-corrected chi connectivity index (χ3v) is 4.78. The summed E-state index contributed by atoms with van der Waals surface area (Å²) in [7, 11) is 0. The Morgan fingerprint density at radius 2 is 1.79 bits per heavy atom. The zero-order valence-corrected chi connectivity index (χ0v) is 14.6. The van der Waals surface area contributed by atoms with Crippen molar-refractivity contribution >= 4 is 11.0 Å². The smallest absolute Gasteiger partial charge is 0.144 e. The number of benzene rings is 2. The van der Waals surface area contributed by atoms with Crippen molar-refractivity contribution in [1.82, 2.24) is 9.55 Å². The number of nitrogens with zero attached hydrogens (tertiary/aromatic N) is 2. The molecule has 2 aromatic carbocycles. The molecule has 0 amide bonds. The normalized spacial score (nSPS) is 12.6. The molecule has 0 saturated carbocycles. The van der Waals surface area contributed by atoms with E-state index in [9.17, 15) is 5.11 Å². The zero-order valence-electron chi connectivity index (χ0n) is 14.6. The Kier molecular flexibility index (Phi) is 5.19. The van der Waals surface area contributed by atoms with Crippen LogP contribution < -0.4 is 0 Å². The number of rotatable bonds is 7. The summed E-state index contributed by atoms with van der Waals surface area (Å²) in [5.74, 6) is 1.78. The highest BCUT2D eigenvalue weighted by atomic mass is 16.3. The predicted molar refractivity (Wildman–Crippen MR) is 100 cm³/mol. The van der Waals surface area contributed by atoms with Gasteiger partial charge in [0.2, 0.25) is 0 Å². The molecule has 0 fully saturated rings. The average Bonchev–Trinajstić information content (AvgIpc) is 2.97. The number of hydrogen-bond acceptors (Lipinski definition) is 2. The van der Waals surface area contributed by atoms with Gasteiger partial charge < -0.3 is 9.67 Å². The van der Waals surface area contributed by atoms with Crippen molar-refractivity contribution in [3.05, 3.63) is 48.5 Å². The number of hydrogen-bond donors (Lipinski definition) is 1. The van der Waals surface area contributed by atoms with E-state index in [-0.39, 0.29) is 5.75 Å². The fourth-order valence-electron chi connectivity index (χ4n) is 3.30. The summed E-state index contributed by atoms with van der Waals surface area (Å²) in [5, 5.41) is 10.3. The molecule has 0 radical (unpaired) electrons. The van der Waals surface area contributed by atoms with Gasteiger partial charge in [-0.1, -0.05) is 57.4 Å². The number of aromatic nitrogens is 2. The third kappa shape index (κ3) is 3.30. The minimum absolute atomic E-state index is 0.288. The van der Waals surface area contributed by atoms with Crippen LogP contribution in [0.5, 0.6) is 5.75 Å². The molecule has 1 heterocycles. The SMILES string of the molecule is CCCCC(CC)Cn1c(-c2ccccc2O)nc2ccccc21. The van der Waals surface area contributed by atoms with Gasteiger partial charge in [-0.25, -0.2) is 4.98 Å². The van der Waals surface area contributed by atoms with Crippen molar-refractivity contribution in [1.29, 1.82) is 0 Å². The molecule has 0 aliphatic heterocycles. The van der Waals surface area contributed by atoms with Gasteiger partial charge in [0.25, 0.3) is 0 Å². The van der Waals surface area contributed by atoms with Crippen LogP contribution in [0.3, 0.4) is 0 Å². The van der Waals surface area contributed by atoms with Crippen molar-refractivity contribution in [2.45, 2.75) is 46.1 Å². The van der Waals surface area contributed by atoms with Crippen LogP contribution in [0.1, 0.15) is 39.5 Å². The van der Waals surface area contributed by atoms with Crippen LogP contribution in [0.2, 0.25) is 0 Å². The fourth-order valence-corrected chi connectivity index (χ4v) is 3.30. The largest absolute Gasteiger partial charge is 0.507 e. The number of unbranched alkanes of at least 4 members (excludes halogenated alkanes) is 1. The molecular weight excluding hydrogens is 296 g/mol. The molecule has 3 aromatic rings. The first kappa shape index (κ1) is 16.6. The Hall–Kier alpha value is -2.29. The first-order valence-electron chi connectivity index (χ1n) is 8.98. The Morgan fingerprint density at radius 1 is 1.04 bits per heavy atom. The van der Waals surface area contributed by atoms with E-state index in [1.807, 2.05) is 30.3 Å². The lowest BCUT2D eigenvalue weighted by Crippen LogP contribution is -2.11. The quantitative estimate of drug-likeness (QED) is 0.612. The molecule has 1 aromatic heterocycles. The van der Waals surface area contributed by atoms with Gasteiger partial charge in [0.15, 0.2) is 0 Å². The van der Waals surface area contributed by atoms with Gasteiger partial charge in [0.1, 0.15) is 11.6 Å². The van der Waals surface area contributed by atoms with E-state index in [2.05, 4.69) is 30.5 Å². The standard InChI is InChI=1S/C21H26N2O/c1-3-5-10-16(4-2)15-23-19-13-8-7-12-18(19)22-21(23)17-11-6-9-14-20(17)24/h6-9,11-14,16,24H,3-5,10,15H2,1-2H3. The Bertz CT molecular complexity index is 806. The molecule has 126 valence electrons. The number of aromatic hydroxyl groups is 1. The number of fused-ring (bicyclic) bond motifs is 1. The lowest BCUT2D eigenvalue weighted by atomic mass is 9.99. The number of phenols is 1. The van der Waals surface area contributed by atoms with Gasteiger partial charge in [-0.05, 0) is 36.6 Å². The van der Waals surface area contributed by atoms with Crippen LogP contribution in [0, 0.1) is 5.92 Å². The van der Waals surface area contributed by atoms with E-state index < -0.39 is 0 Å². The summed E-state index contributed by atoms with van der Waals surface area (Å²) < 4.78 is 2.29. The second kappa shape index (κ2) is 7.52. The topological polar surface area (TPSA) is 38.0 Å². The summed E-state index contributed by atoms with van der Waals surface area (Å²) in [6.07, 6.45) is 4.89. The van der Waals surface area contributed by atoms with Crippen molar-refractivity contribution in [3.63, 3.8) is 0 Å². The number of para-hydroxylation sites is 3. The van der Waals surface area contributed by atoms with Crippen LogP contribution in [0.4, 0.5) is 0 Å². The van der Waals surface area contributed by atoms with Gasteiger partial charge in [-0.2, -0.15) is 0 Å². The van der Waals surface area contributed by atoms with Gasteiger partial charge in [-0.15, -0.1) is 0 Å². The molecule has 24 heavy (non-hydrogen) atoms. The van der Waals surface area contributed by atoms with Crippen LogP contribution >= 0.6 is 0 Å². The molecule has 0 aliphatic rings. The monoisotopic (exact) mass is 322 g/mol. The lowest BCUT2D eigenvalue weighted by molar-refractivity contribution is 0.396. The van der Waals surface area contributed by atoms with E-state index in [0.717, 1.165) is 35.4 Å². The van der Waals surface area contributed by atoms with Gasteiger partial charge in [0.05, 0.1) is 16.6 Å². The van der Waals surface area contributed by atoms with Crippen molar-refractivity contribution in [2.24, 2.45) is 5.92 Å². The van der Waals surface area contributed by atoms with E-state index in [1.54, 1.807) is 6.07 Å². The Morgan fingerprint density at radius 3 is 2.54 bits per heavy atom. The minimum Gasteiger partial charge on any atom is -0.507 e. The molecule has 1 atom stereocenters. The predicted octanol–water partition coefficient (Wildman–Crippen LogP) is 5.63. The van der Waals surface area contributed by atoms with Crippen molar-refractivity contribution in [2.75, 3.05) is 0 Å². The van der Waals surface area contributed by atoms with Crippen LogP contribution in [0.15, 0.2) is 48.5 Å². The molecule has 0 bridgehead atoms. The molecule has 1 N–H and O–H groups in total. The second-order valence-electron chi connectivity index (χ2n) is 6.47. The highest BCUT2D eigenvalue weighted by Gasteiger charge is 2.17. The first-order chi connectivity index (χ1) is 11.7. The van der Waals surface area contributed by atoms with E-state index >= 15 is 0 Å². The first-order valence-corrected chi connectivity index (χ1v) is 8.98. The number of phenolic OH excluding ortho intramolecular Hbond substituents is 1. The Balaban J connectivity index is 2.07. The molecule has 3 heteroatoms. The average molecular weight is 322 g/mol. The molecule has 0 aliphatic carbocycles. The summed E-state index contributed by atoms with van der Waals surface area (Å²) in [4.78, 5) is 4.81. The van der Waals surface area contributed by atoms with E-state index in [1.165, 1.54) is 19.3 Å². The molecule has 0 saturated heterocycles. The number of imidazole rings is 1. The van der Waals surface area contributed by atoms with Crippen LogP contribution in [-0.2, 0) is 6.54 Å². The molecular formula is C21H26N2O. The summed E-state index contributed by atoms with van der Waals surface area (Å²) in [6.45, 7) is 5.45. The van der Waals surface area contributed by atoms with Gasteiger partial charge in [0, 0.05) is 6.54 Å². The summed E-state index contributed by atoms with van der Waals surface area (Å²) >= 11 is 0. The molecule has 0 spiro atoms. The van der Waals surface area contributed by atoms with E-state index in [0.29, 0.717) is 5.92 Å². The maximum atomic E-state index is 10.3. The fraction of sp³-hybridized carbons (Fsp3) is 0.381. The third-order valence-electron chi connectivity index (χ3n) is 4.78. The summed E-state index contributed by atoms with van der Waals surface area (Å²) in [5.41, 5.74) is 2.94. The molecule has 3 rings (SSSR count). The van der Waals surface area contributed by atoms with Crippen molar-refractivity contribution in [3.8, 4) is 17.1 Å². The highest BCUT2D eigenvalue weighted by molar-refractivity contribution is 5.81.